The van der Waals surface area contributed by atoms with Crippen molar-refractivity contribution in [3.8, 4) is 11.4 Å². The van der Waals surface area contributed by atoms with Crippen LogP contribution in [-0.2, 0) is 34.7 Å². The highest BCUT2D eigenvalue weighted by atomic mass is 19.1. The Bertz CT molecular complexity index is 1400. The first kappa shape index (κ1) is 18.7. The molecule has 158 valence electrons. The van der Waals surface area contributed by atoms with Crippen LogP contribution in [0.3, 0.4) is 0 Å². The van der Waals surface area contributed by atoms with Gasteiger partial charge in [0.05, 0.1) is 29.0 Å². The van der Waals surface area contributed by atoms with E-state index in [2.05, 4.69) is 0 Å². The third-order valence-corrected chi connectivity index (χ3v) is 6.97. The van der Waals surface area contributed by atoms with Crippen molar-refractivity contribution < 1.29 is 19.0 Å². The number of pyridine rings is 2. The molecule has 1 aromatic carbocycles. The fraction of sp³-hybridized carbons (Fsp3) is 0.348. The van der Waals surface area contributed by atoms with Crippen molar-refractivity contribution in [1.29, 1.82) is 0 Å². The molecule has 0 amide bonds. The van der Waals surface area contributed by atoms with E-state index in [1.54, 1.807) is 17.6 Å². The summed E-state index contributed by atoms with van der Waals surface area (Å²) in [5.41, 5.74) is 8.99. The van der Waals surface area contributed by atoms with Crippen molar-refractivity contribution >= 4 is 16.9 Å². The number of carbonyl (C=O) groups is 1. The molecule has 2 aromatic heterocycles. The first-order chi connectivity index (χ1) is 14.8. The minimum atomic E-state index is -1.88. The maximum Gasteiger partial charge on any atom is 0.343 e. The van der Waals surface area contributed by atoms with Crippen LogP contribution in [-0.4, -0.2) is 20.6 Å². The third kappa shape index (κ3) is 2.26. The van der Waals surface area contributed by atoms with E-state index in [4.69, 9.17) is 15.5 Å². The van der Waals surface area contributed by atoms with E-state index in [1.807, 2.05) is 0 Å². The molecule has 1 aliphatic carbocycles. The zero-order chi connectivity index (χ0) is 21.7. The van der Waals surface area contributed by atoms with Crippen LogP contribution in [0.4, 0.5) is 4.39 Å². The Labute approximate surface area is 176 Å². The molecule has 7 nitrogen and oxygen atoms in total. The topological polar surface area (TPSA) is 107 Å². The molecular formula is C23H20FN3O4. The number of benzene rings is 1. The minimum Gasteiger partial charge on any atom is -0.458 e. The normalized spacial score (nSPS) is 23.4. The Morgan fingerprint density at radius 2 is 2.13 bits per heavy atom. The van der Waals surface area contributed by atoms with Crippen molar-refractivity contribution in [2.75, 3.05) is 0 Å². The van der Waals surface area contributed by atoms with Gasteiger partial charge in [0.1, 0.15) is 12.4 Å². The molecule has 4 heterocycles. The molecule has 3 N–H and O–H groups in total. The molecule has 0 spiro atoms. The lowest BCUT2D eigenvalue weighted by molar-refractivity contribution is -0.172. The summed E-state index contributed by atoms with van der Waals surface area (Å²) in [6, 6.07) is 4.34. The number of carbonyl (C=O) groups excluding carboxylic acids is 1. The molecule has 0 fully saturated rings. The molecule has 3 aromatic rings. The number of halogens is 1. The van der Waals surface area contributed by atoms with E-state index >= 15 is 0 Å². The van der Waals surface area contributed by atoms with Crippen molar-refractivity contribution in [3.63, 3.8) is 0 Å². The molecule has 0 saturated carbocycles. The van der Waals surface area contributed by atoms with Crippen LogP contribution in [0.25, 0.3) is 22.3 Å². The molecule has 31 heavy (non-hydrogen) atoms. The quantitative estimate of drug-likeness (QED) is 0.456. The largest absolute Gasteiger partial charge is 0.458 e. The lowest BCUT2D eigenvalue weighted by Gasteiger charge is -2.31. The molecule has 0 radical (unpaired) electrons. The Morgan fingerprint density at radius 1 is 1.32 bits per heavy atom. The number of cyclic esters (lactones) is 1. The van der Waals surface area contributed by atoms with Crippen LogP contribution in [0.5, 0.6) is 0 Å². The van der Waals surface area contributed by atoms with E-state index < -0.39 is 11.6 Å². The van der Waals surface area contributed by atoms with Crippen molar-refractivity contribution in [1.82, 2.24) is 9.55 Å². The van der Waals surface area contributed by atoms with Gasteiger partial charge in [0.2, 0.25) is 0 Å². The van der Waals surface area contributed by atoms with Crippen molar-refractivity contribution in [2.45, 2.75) is 51.0 Å². The first-order valence-corrected chi connectivity index (χ1v) is 10.4. The number of hydrogen-bond donors (Lipinski definition) is 2. The Hall–Kier alpha value is -3.10. The van der Waals surface area contributed by atoms with Gasteiger partial charge in [-0.05, 0) is 42.5 Å². The molecule has 0 saturated heterocycles. The number of esters is 1. The third-order valence-electron chi connectivity index (χ3n) is 6.97. The number of aliphatic hydroxyl groups is 1. The fourth-order valence-corrected chi connectivity index (χ4v) is 5.36. The molecule has 0 bridgehead atoms. The van der Waals surface area contributed by atoms with Crippen LogP contribution in [0, 0.1) is 5.82 Å². The SMILES string of the molecule is CC[C@@]1(O)C(=O)OCc2c1cc1n(c2=O)Cc2c-1nc1cc(F)cc3c1c2[C@H](N)CC3. The lowest BCUT2D eigenvalue weighted by atomic mass is 9.83. The molecule has 2 aliphatic heterocycles. The highest BCUT2D eigenvalue weighted by Crippen LogP contribution is 2.44. The van der Waals surface area contributed by atoms with Gasteiger partial charge < -0.3 is 20.1 Å². The molecule has 8 heteroatoms. The minimum absolute atomic E-state index is 0.0738. The molecule has 3 aliphatic rings. The van der Waals surface area contributed by atoms with Gasteiger partial charge in [-0.2, -0.15) is 0 Å². The standard InChI is InChI=1S/C23H20FN3O4/c1-2-23(30)14-7-17-20-12(8-27(17)21(28)13(14)9-31-22(23)29)19-15(25)4-3-10-5-11(24)6-16(26-20)18(10)19/h5-7,15,30H,2-4,8-9,25H2,1H3/t15-,23+/m1/s1. The summed E-state index contributed by atoms with van der Waals surface area (Å²) in [5, 5.41) is 11.9. The van der Waals surface area contributed by atoms with Gasteiger partial charge in [-0.15, -0.1) is 0 Å². The summed E-state index contributed by atoms with van der Waals surface area (Å²) >= 11 is 0. The van der Waals surface area contributed by atoms with Crippen molar-refractivity contribution in [3.05, 3.63) is 62.2 Å². The highest BCUT2D eigenvalue weighted by Gasteiger charge is 2.45. The van der Waals surface area contributed by atoms with E-state index in [-0.39, 0.29) is 48.1 Å². The molecule has 6 rings (SSSR count). The van der Waals surface area contributed by atoms with Gasteiger partial charge in [0.25, 0.3) is 5.56 Å². The van der Waals surface area contributed by atoms with Gasteiger partial charge in [-0.3, -0.25) is 4.79 Å². The summed E-state index contributed by atoms with van der Waals surface area (Å²) < 4.78 is 20.9. The Balaban J connectivity index is 1.69. The van der Waals surface area contributed by atoms with E-state index in [0.29, 0.717) is 29.7 Å². The second kappa shape index (κ2) is 5.99. The molecular weight excluding hydrogens is 401 g/mol. The van der Waals surface area contributed by atoms with Crippen LogP contribution < -0.4 is 11.3 Å². The van der Waals surface area contributed by atoms with Crippen LogP contribution in [0.15, 0.2) is 23.0 Å². The number of rotatable bonds is 1. The van der Waals surface area contributed by atoms with E-state index in [0.717, 1.165) is 22.1 Å². The van der Waals surface area contributed by atoms with Gasteiger partial charge >= 0.3 is 5.97 Å². The number of ether oxygens (including phenoxy) is 1. The van der Waals surface area contributed by atoms with Gasteiger partial charge in [0.15, 0.2) is 5.60 Å². The maximum atomic E-state index is 14.3. The number of aryl methyl sites for hydroxylation is 1. The highest BCUT2D eigenvalue weighted by molar-refractivity contribution is 5.92. The van der Waals surface area contributed by atoms with Gasteiger partial charge in [0, 0.05) is 28.6 Å². The summed E-state index contributed by atoms with van der Waals surface area (Å²) in [5.74, 6) is -1.12. The van der Waals surface area contributed by atoms with Crippen LogP contribution in [0.1, 0.15) is 53.6 Å². The average Bonchev–Trinajstić information content (AvgIpc) is 3.11. The van der Waals surface area contributed by atoms with Crippen LogP contribution in [0.2, 0.25) is 0 Å². The van der Waals surface area contributed by atoms with Crippen molar-refractivity contribution in [2.24, 2.45) is 5.73 Å². The zero-order valence-corrected chi connectivity index (χ0v) is 16.9. The van der Waals surface area contributed by atoms with Crippen LogP contribution >= 0.6 is 0 Å². The number of fused-ring (bicyclic) bond motifs is 5. The Morgan fingerprint density at radius 3 is 2.90 bits per heavy atom. The molecule has 2 atom stereocenters. The fourth-order valence-electron chi connectivity index (χ4n) is 5.36. The number of nitrogens with zero attached hydrogens (tertiary/aromatic N) is 2. The number of hydrogen-bond acceptors (Lipinski definition) is 6. The summed E-state index contributed by atoms with van der Waals surface area (Å²) in [7, 11) is 0. The smallest absolute Gasteiger partial charge is 0.343 e. The number of nitrogens with two attached hydrogens (primary N) is 1. The average molecular weight is 421 g/mol. The predicted octanol–water partition coefficient (Wildman–Crippen LogP) is 2.16. The monoisotopic (exact) mass is 421 g/mol. The summed E-state index contributed by atoms with van der Waals surface area (Å²) in [4.78, 5) is 30.4. The van der Waals surface area contributed by atoms with Gasteiger partial charge in [-0.1, -0.05) is 6.92 Å². The second-order valence-electron chi connectivity index (χ2n) is 8.56. The predicted molar refractivity (Wildman–Crippen MR) is 110 cm³/mol. The molecule has 0 unspecified atom stereocenters. The maximum absolute atomic E-state index is 14.3. The summed E-state index contributed by atoms with van der Waals surface area (Å²) in [6.45, 7) is 1.77. The zero-order valence-electron chi connectivity index (χ0n) is 16.9. The van der Waals surface area contributed by atoms with Gasteiger partial charge in [-0.25, -0.2) is 14.2 Å². The van der Waals surface area contributed by atoms with E-state index in [1.165, 1.54) is 12.1 Å². The second-order valence-corrected chi connectivity index (χ2v) is 8.56. The number of aromatic nitrogens is 2. The Kier molecular flexibility index (Phi) is 3.60. The lowest BCUT2D eigenvalue weighted by Crippen LogP contribution is -2.44. The first-order valence-electron chi connectivity index (χ1n) is 10.4. The van der Waals surface area contributed by atoms with E-state index in [9.17, 15) is 19.1 Å². The summed E-state index contributed by atoms with van der Waals surface area (Å²) in [6.07, 6.45) is 1.43.